The Morgan fingerprint density at radius 2 is 2.11 bits per heavy atom. The minimum absolute atomic E-state index is 0.165. The molecule has 0 aliphatic rings. The molecule has 0 saturated carbocycles. The maximum atomic E-state index is 13.1. The molecule has 3 rings (SSSR count). The fourth-order valence-corrected chi connectivity index (χ4v) is 1.92. The van der Waals surface area contributed by atoms with Crippen LogP contribution in [-0.2, 0) is 7.05 Å². The highest BCUT2D eigenvalue weighted by atomic mass is 19.1. The zero-order valence-electron chi connectivity index (χ0n) is 10.5. The summed E-state index contributed by atoms with van der Waals surface area (Å²) in [6.45, 7) is 1.86. The molecule has 2 heterocycles. The van der Waals surface area contributed by atoms with Crippen LogP contribution in [0, 0.1) is 12.7 Å². The van der Waals surface area contributed by atoms with Crippen molar-refractivity contribution in [2.24, 2.45) is 7.05 Å². The molecule has 0 N–H and O–H groups in total. The van der Waals surface area contributed by atoms with Crippen molar-refractivity contribution < 1.29 is 13.6 Å². The molecule has 4 nitrogen and oxygen atoms in total. The lowest BCUT2D eigenvalue weighted by atomic mass is 10.2. The highest BCUT2D eigenvalue weighted by Crippen LogP contribution is 2.22. The van der Waals surface area contributed by atoms with Crippen LogP contribution in [0.4, 0.5) is 4.39 Å². The van der Waals surface area contributed by atoms with E-state index in [9.17, 15) is 9.18 Å². The summed E-state index contributed by atoms with van der Waals surface area (Å²) < 4.78 is 20.1. The molecule has 5 heteroatoms. The van der Waals surface area contributed by atoms with Crippen LogP contribution < -0.4 is 0 Å². The predicted octanol–water partition coefficient (Wildman–Crippen LogP) is 2.84. The van der Waals surface area contributed by atoms with E-state index in [4.69, 9.17) is 4.42 Å². The lowest BCUT2D eigenvalue weighted by Crippen LogP contribution is -2.01. The van der Waals surface area contributed by atoms with Crippen molar-refractivity contribution in [1.82, 2.24) is 9.78 Å². The molecule has 0 atom stereocenters. The van der Waals surface area contributed by atoms with E-state index >= 15 is 0 Å². The molecule has 0 fully saturated rings. The summed E-state index contributed by atoms with van der Waals surface area (Å²) in [7, 11) is 1.76. The van der Waals surface area contributed by atoms with Gasteiger partial charge >= 0.3 is 0 Å². The molecule has 2 aromatic heterocycles. The Morgan fingerprint density at radius 3 is 2.79 bits per heavy atom. The second kappa shape index (κ2) is 4.05. The van der Waals surface area contributed by atoms with Crippen LogP contribution >= 0.6 is 0 Å². The summed E-state index contributed by atoms with van der Waals surface area (Å²) in [6.07, 6.45) is 0. The molecular formula is C14H11FN2O2. The van der Waals surface area contributed by atoms with Crippen molar-refractivity contribution >= 4 is 16.8 Å². The van der Waals surface area contributed by atoms with Gasteiger partial charge in [-0.3, -0.25) is 9.48 Å². The Hall–Kier alpha value is -2.43. The summed E-state index contributed by atoms with van der Waals surface area (Å²) >= 11 is 0. The minimum atomic E-state index is -0.360. The van der Waals surface area contributed by atoms with Gasteiger partial charge in [-0.15, -0.1) is 0 Å². The normalized spacial score (nSPS) is 11.1. The van der Waals surface area contributed by atoms with Crippen LogP contribution in [-0.4, -0.2) is 15.6 Å². The van der Waals surface area contributed by atoms with Gasteiger partial charge in [0.05, 0.1) is 0 Å². The van der Waals surface area contributed by atoms with Gasteiger partial charge in [0, 0.05) is 18.1 Å². The van der Waals surface area contributed by atoms with Crippen molar-refractivity contribution in [3.8, 4) is 0 Å². The molecule has 0 amide bonds. The third-order valence-electron chi connectivity index (χ3n) is 3.05. The summed E-state index contributed by atoms with van der Waals surface area (Å²) in [5.74, 6) is -0.500. The van der Waals surface area contributed by atoms with Crippen LogP contribution in [0.15, 0.2) is 34.7 Å². The number of hydrogen-bond donors (Lipinski definition) is 0. The first kappa shape index (κ1) is 11.6. The van der Waals surface area contributed by atoms with Crippen LogP contribution in [0.2, 0.25) is 0 Å². The lowest BCUT2D eigenvalue weighted by Gasteiger charge is -1.91. The van der Waals surface area contributed by atoms with Gasteiger partial charge in [-0.05, 0) is 37.3 Å². The second-order valence-electron chi connectivity index (χ2n) is 4.42. The quantitative estimate of drug-likeness (QED) is 0.664. The van der Waals surface area contributed by atoms with Gasteiger partial charge in [0.2, 0.25) is 5.78 Å². The van der Waals surface area contributed by atoms with Crippen LogP contribution in [0.1, 0.15) is 21.9 Å². The third kappa shape index (κ3) is 1.93. The number of halogens is 1. The van der Waals surface area contributed by atoms with Gasteiger partial charge in [-0.25, -0.2) is 4.39 Å². The molecule has 0 bridgehead atoms. The highest BCUT2D eigenvalue weighted by Gasteiger charge is 2.18. The maximum Gasteiger partial charge on any atom is 0.248 e. The number of nitrogens with zero attached hydrogens (tertiary/aromatic N) is 2. The first-order chi connectivity index (χ1) is 9.04. The fourth-order valence-electron chi connectivity index (χ4n) is 1.92. The number of ketones is 1. The van der Waals surface area contributed by atoms with Gasteiger partial charge in [0.1, 0.15) is 17.1 Å². The molecule has 1 aromatic carbocycles. The zero-order chi connectivity index (χ0) is 13.6. The van der Waals surface area contributed by atoms with Gasteiger partial charge in [-0.2, -0.15) is 5.10 Å². The molecular weight excluding hydrogens is 247 g/mol. The molecule has 3 aromatic rings. The lowest BCUT2D eigenvalue weighted by molar-refractivity contribution is 0.101. The zero-order valence-corrected chi connectivity index (χ0v) is 10.5. The molecule has 0 aliphatic carbocycles. The van der Waals surface area contributed by atoms with E-state index in [1.807, 2.05) is 6.92 Å². The molecule has 0 unspecified atom stereocenters. The Labute approximate surface area is 108 Å². The van der Waals surface area contributed by atoms with Gasteiger partial charge in [0.15, 0.2) is 5.76 Å². The Balaban J connectivity index is 2.06. The van der Waals surface area contributed by atoms with E-state index in [0.29, 0.717) is 16.7 Å². The van der Waals surface area contributed by atoms with Crippen LogP contribution in [0.3, 0.4) is 0 Å². The number of carbonyl (C=O) groups is 1. The number of aromatic nitrogens is 2. The Morgan fingerprint density at radius 1 is 1.32 bits per heavy atom. The number of benzene rings is 1. The van der Waals surface area contributed by atoms with E-state index < -0.39 is 0 Å². The number of fused-ring (bicyclic) bond motifs is 1. The second-order valence-corrected chi connectivity index (χ2v) is 4.42. The largest absolute Gasteiger partial charge is 0.453 e. The molecule has 0 saturated heterocycles. The molecule has 0 aliphatic heterocycles. The summed E-state index contributed by atoms with van der Waals surface area (Å²) in [6, 6.07) is 7.36. The Kier molecular flexibility index (Phi) is 2.48. The monoisotopic (exact) mass is 258 g/mol. The average molecular weight is 258 g/mol. The molecule has 19 heavy (non-hydrogen) atoms. The number of carbonyl (C=O) groups excluding carboxylic acids is 1. The average Bonchev–Trinajstić information content (AvgIpc) is 2.92. The van der Waals surface area contributed by atoms with Crippen LogP contribution in [0.25, 0.3) is 11.0 Å². The first-order valence-corrected chi connectivity index (χ1v) is 5.79. The SMILES string of the molecule is Cc1cc(C(=O)c2cc3cc(F)ccc3o2)nn1C. The van der Waals surface area contributed by atoms with Crippen molar-refractivity contribution in [2.75, 3.05) is 0 Å². The van der Waals surface area contributed by atoms with E-state index in [2.05, 4.69) is 5.10 Å². The maximum absolute atomic E-state index is 13.1. The summed E-state index contributed by atoms with van der Waals surface area (Å²) in [5.41, 5.74) is 1.68. The molecule has 96 valence electrons. The minimum Gasteiger partial charge on any atom is -0.453 e. The van der Waals surface area contributed by atoms with Gasteiger partial charge in [0.25, 0.3) is 0 Å². The number of hydrogen-bond acceptors (Lipinski definition) is 3. The smallest absolute Gasteiger partial charge is 0.248 e. The third-order valence-corrected chi connectivity index (χ3v) is 3.05. The van der Waals surface area contributed by atoms with E-state index in [1.165, 1.54) is 24.3 Å². The fraction of sp³-hybridized carbons (Fsp3) is 0.143. The van der Waals surface area contributed by atoms with Crippen molar-refractivity contribution in [2.45, 2.75) is 6.92 Å². The standard InChI is InChI=1S/C14H11FN2O2/c1-8-5-11(16-17(8)2)14(18)13-7-9-6-10(15)3-4-12(9)19-13/h3-7H,1-2H3. The first-order valence-electron chi connectivity index (χ1n) is 5.79. The van der Waals surface area contributed by atoms with Crippen molar-refractivity contribution in [3.63, 3.8) is 0 Å². The summed E-state index contributed by atoms with van der Waals surface area (Å²) in [4.78, 5) is 12.2. The number of aryl methyl sites for hydroxylation is 2. The van der Waals surface area contributed by atoms with Crippen LogP contribution in [0.5, 0.6) is 0 Å². The van der Waals surface area contributed by atoms with E-state index in [-0.39, 0.29) is 17.4 Å². The predicted molar refractivity (Wildman–Crippen MR) is 67.5 cm³/mol. The number of furan rings is 1. The number of rotatable bonds is 2. The van der Waals surface area contributed by atoms with Crippen molar-refractivity contribution in [3.05, 3.63) is 53.3 Å². The van der Waals surface area contributed by atoms with Gasteiger partial charge in [-0.1, -0.05) is 0 Å². The molecule has 0 spiro atoms. The van der Waals surface area contributed by atoms with Crippen molar-refractivity contribution in [1.29, 1.82) is 0 Å². The topological polar surface area (TPSA) is 48.0 Å². The highest BCUT2D eigenvalue weighted by molar-refractivity contribution is 6.07. The molecule has 0 radical (unpaired) electrons. The summed E-state index contributed by atoms with van der Waals surface area (Å²) in [5, 5.41) is 4.67. The van der Waals surface area contributed by atoms with Gasteiger partial charge < -0.3 is 4.42 Å². The Bertz CT molecular complexity index is 766. The van der Waals surface area contributed by atoms with E-state index in [0.717, 1.165) is 5.69 Å². The van der Waals surface area contributed by atoms with E-state index in [1.54, 1.807) is 17.8 Å².